The molecule has 3 rings (SSSR count). The lowest BCUT2D eigenvalue weighted by Crippen LogP contribution is -2.22. The van der Waals surface area contributed by atoms with Crippen molar-refractivity contribution in [2.75, 3.05) is 19.4 Å². The third kappa shape index (κ3) is 3.15. The lowest BCUT2D eigenvalue weighted by molar-refractivity contribution is 0.0829. The van der Waals surface area contributed by atoms with E-state index in [1.165, 1.54) is 17.2 Å². The summed E-state index contributed by atoms with van der Waals surface area (Å²) in [5.74, 6) is 0.0346. The predicted octanol–water partition coefficient (Wildman–Crippen LogP) is 4.78. The van der Waals surface area contributed by atoms with Crippen LogP contribution in [0.5, 0.6) is 0 Å². The zero-order valence-corrected chi connectivity index (χ0v) is 14.9. The van der Waals surface area contributed by atoms with Gasteiger partial charge in [-0.05, 0) is 25.1 Å². The van der Waals surface area contributed by atoms with Crippen molar-refractivity contribution in [3.63, 3.8) is 0 Å². The van der Waals surface area contributed by atoms with Crippen molar-refractivity contribution in [1.29, 1.82) is 0 Å². The van der Waals surface area contributed by atoms with Gasteiger partial charge in [-0.3, -0.25) is 4.79 Å². The molecule has 0 spiro atoms. The quantitative estimate of drug-likeness (QED) is 0.733. The van der Waals surface area contributed by atoms with E-state index >= 15 is 0 Å². The van der Waals surface area contributed by atoms with E-state index in [2.05, 4.69) is 10.3 Å². The Hall–Kier alpha value is -2.66. The number of amides is 1. The first-order chi connectivity index (χ1) is 11.9. The highest BCUT2D eigenvalue weighted by Crippen LogP contribution is 2.33. The number of benzene rings is 2. The molecule has 0 saturated carbocycles. The smallest absolute Gasteiger partial charge is 0.255 e. The first-order valence-electron chi connectivity index (χ1n) is 7.71. The van der Waals surface area contributed by atoms with Gasteiger partial charge in [-0.15, -0.1) is 0 Å². The molecule has 1 amide bonds. The first kappa shape index (κ1) is 17.2. The Kier molecular flexibility index (Phi) is 4.59. The summed E-state index contributed by atoms with van der Waals surface area (Å²) in [6.45, 7) is 1.69. The number of anilines is 2. The van der Waals surface area contributed by atoms with Crippen molar-refractivity contribution in [2.24, 2.45) is 0 Å². The van der Waals surface area contributed by atoms with Crippen molar-refractivity contribution in [3.8, 4) is 0 Å². The van der Waals surface area contributed by atoms with Crippen molar-refractivity contribution in [3.05, 3.63) is 64.6 Å². The third-order valence-corrected chi connectivity index (χ3v) is 4.33. The molecule has 6 heteroatoms. The van der Waals surface area contributed by atoms with Crippen LogP contribution in [0.1, 0.15) is 15.9 Å². The Bertz CT molecular complexity index is 972. The van der Waals surface area contributed by atoms with Crippen molar-refractivity contribution in [1.82, 2.24) is 9.88 Å². The molecule has 4 nitrogen and oxygen atoms in total. The Balaban J connectivity index is 2.18. The molecule has 0 radical (unpaired) electrons. The Morgan fingerprint density at radius 3 is 2.64 bits per heavy atom. The van der Waals surface area contributed by atoms with E-state index in [1.807, 2.05) is 6.07 Å². The first-order valence-corrected chi connectivity index (χ1v) is 8.09. The van der Waals surface area contributed by atoms with Crippen LogP contribution in [0.3, 0.4) is 0 Å². The second-order valence-corrected chi connectivity index (χ2v) is 6.33. The second-order valence-electron chi connectivity index (χ2n) is 5.92. The van der Waals surface area contributed by atoms with Gasteiger partial charge in [0.2, 0.25) is 0 Å². The van der Waals surface area contributed by atoms with Crippen LogP contribution in [0.15, 0.2) is 42.6 Å². The largest absolute Gasteiger partial charge is 0.345 e. The average molecular weight is 358 g/mol. The summed E-state index contributed by atoms with van der Waals surface area (Å²) < 4.78 is 13.8. The zero-order chi connectivity index (χ0) is 18.1. The fourth-order valence-corrected chi connectivity index (χ4v) is 2.91. The number of pyridine rings is 1. The molecule has 0 bridgehead atoms. The van der Waals surface area contributed by atoms with Gasteiger partial charge in [-0.1, -0.05) is 29.8 Å². The van der Waals surface area contributed by atoms with Crippen molar-refractivity contribution >= 4 is 39.8 Å². The molecule has 1 N–H and O–H groups in total. The van der Waals surface area contributed by atoms with E-state index in [4.69, 9.17) is 11.6 Å². The van der Waals surface area contributed by atoms with Crippen LogP contribution >= 0.6 is 11.6 Å². The maximum atomic E-state index is 13.8. The summed E-state index contributed by atoms with van der Waals surface area (Å²) in [7, 11) is 3.35. The van der Waals surface area contributed by atoms with Gasteiger partial charge in [0.25, 0.3) is 5.91 Å². The minimum Gasteiger partial charge on any atom is -0.345 e. The Labute approximate surface area is 150 Å². The molecular weight excluding hydrogens is 341 g/mol. The highest BCUT2D eigenvalue weighted by molar-refractivity contribution is 6.37. The summed E-state index contributed by atoms with van der Waals surface area (Å²) in [6.07, 6.45) is 1.49. The van der Waals surface area contributed by atoms with Gasteiger partial charge in [-0.2, -0.15) is 0 Å². The van der Waals surface area contributed by atoms with E-state index in [0.29, 0.717) is 38.4 Å². The fraction of sp³-hybridized carbons (Fsp3) is 0.158. The monoisotopic (exact) mass is 357 g/mol. The average Bonchev–Trinajstić information content (AvgIpc) is 2.59. The SMILES string of the molecule is Cc1c(F)cccc1Nc1ncc(C(=O)N(C)C)c2c(Cl)cccc12. The topological polar surface area (TPSA) is 45.2 Å². The molecule has 0 aliphatic heterocycles. The molecule has 0 aliphatic carbocycles. The van der Waals surface area contributed by atoms with Crippen LogP contribution in [-0.2, 0) is 0 Å². The van der Waals surface area contributed by atoms with Gasteiger partial charge in [0.05, 0.1) is 5.56 Å². The number of nitrogens with one attached hydrogen (secondary N) is 1. The maximum absolute atomic E-state index is 13.8. The van der Waals surface area contributed by atoms with Gasteiger partial charge >= 0.3 is 0 Å². The van der Waals surface area contributed by atoms with E-state index in [0.717, 1.165) is 0 Å². The number of carbonyl (C=O) groups is 1. The number of carbonyl (C=O) groups excluding carboxylic acids is 1. The van der Waals surface area contributed by atoms with Crippen LogP contribution in [0.25, 0.3) is 10.8 Å². The van der Waals surface area contributed by atoms with Gasteiger partial charge in [-0.25, -0.2) is 9.37 Å². The van der Waals surface area contributed by atoms with E-state index in [-0.39, 0.29) is 11.7 Å². The summed E-state index contributed by atoms with van der Waals surface area (Å²) in [4.78, 5) is 18.3. The lowest BCUT2D eigenvalue weighted by atomic mass is 10.1. The standard InChI is InChI=1S/C19H17ClFN3O/c1-11-15(21)8-5-9-16(11)23-18-12-6-4-7-14(20)17(12)13(10-22-18)19(25)24(2)3/h4-10H,1-3H3,(H,22,23). The predicted molar refractivity (Wildman–Crippen MR) is 99.2 cm³/mol. The molecular formula is C19H17ClFN3O. The van der Waals surface area contributed by atoms with Gasteiger partial charge in [0, 0.05) is 47.3 Å². The summed E-state index contributed by atoms with van der Waals surface area (Å²) >= 11 is 6.36. The number of hydrogen-bond acceptors (Lipinski definition) is 3. The molecule has 25 heavy (non-hydrogen) atoms. The molecule has 128 valence electrons. The maximum Gasteiger partial charge on any atom is 0.255 e. The molecule has 0 aliphatic rings. The molecule has 0 unspecified atom stereocenters. The van der Waals surface area contributed by atoms with Gasteiger partial charge in [0.15, 0.2) is 0 Å². The number of rotatable bonds is 3. The van der Waals surface area contributed by atoms with E-state index < -0.39 is 0 Å². The van der Waals surface area contributed by atoms with Gasteiger partial charge < -0.3 is 10.2 Å². The molecule has 0 atom stereocenters. The third-order valence-electron chi connectivity index (χ3n) is 4.02. The van der Waals surface area contributed by atoms with Crippen LogP contribution in [-0.4, -0.2) is 29.9 Å². The van der Waals surface area contributed by atoms with E-state index in [9.17, 15) is 9.18 Å². The Morgan fingerprint density at radius 1 is 1.20 bits per heavy atom. The molecule has 1 aromatic heterocycles. The molecule has 1 heterocycles. The molecule has 0 saturated heterocycles. The molecule has 0 fully saturated rings. The number of fused-ring (bicyclic) bond motifs is 1. The number of nitrogens with zero attached hydrogens (tertiary/aromatic N) is 2. The van der Waals surface area contributed by atoms with Crippen LogP contribution < -0.4 is 5.32 Å². The van der Waals surface area contributed by atoms with Gasteiger partial charge in [0.1, 0.15) is 11.6 Å². The van der Waals surface area contributed by atoms with Crippen LogP contribution in [0, 0.1) is 12.7 Å². The minimum atomic E-state index is -0.299. The normalized spacial score (nSPS) is 10.8. The van der Waals surface area contributed by atoms with Crippen molar-refractivity contribution < 1.29 is 9.18 Å². The minimum absolute atomic E-state index is 0.181. The molecule has 2 aromatic carbocycles. The highest BCUT2D eigenvalue weighted by atomic mass is 35.5. The zero-order valence-electron chi connectivity index (χ0n) is 14.1. The van der Waals surface area contributed by atoms with Crippen LogP contribution in [0.4, 0.5) is 15.9 Å². The number of halogens is 2. The summed E-state index contributed by atoms with van der Waals surface area (Å²) in [6, 6.07) is 10.2. The summed E-state index contributed by atoms with van der Waals surface area (Å²) in [5, 5.41) is 4.92. The number of aromatic nitrogens is 1. The Morgan fingerprint density at radius 2 is 1.92 bits per heavy atom. The number of hydrogen-bond donors (Lipinski definition) is 1. The highest BCUT2D eigenvalue weighted by Gasteiger charge is 2.18. The fourth-order valence-electron chi connectivity index (χ4n) is 2.63. The second kappa shape index (κ2) is 6.69. The lowest BCUT2D eigenvalue weighted by Gasteiger charge is -2.16. The molecule has 3 aromatic rings. The summed E-state index contributed by atoms with van der Waals surface area (Å²) in [5.41, 5.74) is 1.53. The van der Waals surface area contributed by atoms with Crippen LogP contribution in [0.2, 0.25) is 5.02 Å². The van der Waals surface area contributed by atoms with Crippen molar-refractivity contribution in [2.45, 2.75) is 6.92 Å². The van der Waals surface area contributed by atoms with E-state index in [1.54, 1.807) is 45.3 Å².